The highest BCUT2D eigenvalue weighted by Gasteiger charge is 2.21. The van der Waals surface area contributed by atoms with Gasteiger partial charge < -0.3 is 15.1 Å². The van der Waals surface area contributed by atoms with Crippen LogP contribution in [0.5, 0.6) is 0 Å². The molecule has 3 aromatic rings. The van der Waals surface area contributed by atoms with Crippen molar-refractivity contribution in [3.05, 3.63) is 58.8 Å². The summed E-state index contributed by atoms with van der Waals surface area (Å²) in [5.74, 6) is 0.939. The van der Waals surface area contributed by atoms with Crippen LogP contribution in [0.2, 0.25) is 5.02 Å². The first-order valence-corrected chi connectivity index (χ1v) is 8.51. The third-order valence-electron chi connectivity index (χ3n) is 3.97. The summed E-state index contributed by atoms with van der Waals surface area (Å²) in [7, 11) is 3.53. The van der Waals surface area contributed by atoms with Gasteiger partial charge in [-0.2, -0.15) is 5.10 Å². The predicted molar refractivity (Wildman–Crippen MR) is 98.5 cm³/mol. The molecule has 2 N–H and O–H groups in total. The Kier molecular flexibility index (Phi) is 5.39. The van der Waals surface area contributed by atoms with E-state index in [1.165, 1.54) is 0 Å². The quantitative estimate of drug-likeness (QED) is 0.693. The van der Waals surface area contributed by atoms with E-state index < -0.39 is 6.04 Å². The minimum atomic E-state index is -0.490. The number of carbonyl (C=O) groups excluding carboxylic acids is 1. The van der Waals surface area contributed by atoms with E-state index in [2.05, 4.69) is 20.7 Å². The topological polar surface area (TPSA) is 85.0 Å². The number of benzene rings is 1. The summed E-state index contributed by atoms with van der Waals surface area (Å²) in [5.41, 5.74) is 2.44. The number of carbonyl (C=O) groups is 1. The molecule has 0 radical (unpaired) electrons. The van der Waals surface area contributed by atoms with E-state index in [0.717, 1.165) is 16.8 Å². The van der Waals surface area contributed by atoms with Gasteiger partial charge in [0.15, 0.2) is 5.76 Å². The fraction of sp³-hybridized carbons (Fsp3) is 0.278. The Morgan fingerprint density at radius 3 is 2.69 bits per heavy atom. The van der Waals surface area contributed by atoms with E-state index in [-0.39, 0.29) is 12.5 Å². The van der Waals surface area contributed by atoms with Gasteiger partial charge in [-0.15, -0.1) is 0 Å². The SMILES string of the molecule is CNC(C(=O)NCc1nc(C)c(-c2ccc(Cl)cc2)o1)c1cnn(C)c1. The summed E-state index contributed by atoms with van der Waals surface area (Å²) < 4.78 is 7.46. The molecular formula is C18H20ClN5O2. The van der Waals surface area contributed by atoms with Crippen molar-refractivity contribution >= 4 is 17.5 Å². The molecule has 0 spiro atoms. The first-order valence-electron chi connectivity index (χ1n) is 8.13. The van der Waals surface area contributed by atoms with Crippen molar-refractivity contribution in [3.8, 4) is 11.3 Å². The van der Waals surface area contributed by atoms with Crippen LogP contribution < -0.4 is 10.6 Å². The first kappa shape index (κ1) is 18.2. The number of aryl methyl sites for hydroxylation is 2. The third kappa shape index (κ3) is 3.95. The van der Waals surface area contributed by atoms with Crippen molar-refractivity contribution in [3.63, 3.8) is 0 Å². The van der Waals surface area contributed by atoms with Gasteiger partial charge in [-0.05, 0) is 38.2 Å². The summed E-state index contributed by atoms with van der Waals surface area (Å²) in [6, 6.07) is 6.85. The van der Waals surface area contributed by atoms with Crippen LogP contribution in [0.25, 0.3) is 11.3 Å². The Balaban J connectivity index is 1.69. The second-order valence-electron chi connectivity index (χ2n) is 5.92. The van der Waals surface area contributed by atoms with Crippen LogP contribution in [0.3, 0.4) is 0 Å². The zero-order valence-electron chi connectivity index (χ0n) is 14.8. The smallest absolute Gasteiger partial charge is 0.242 e. The average Bonchev–Trinajstić information content (AvgIpc) is 3.20. The van der Waals surface area contributed by atoms with Crippen molar-refractivity contribution in [1.29, 1.82) is 0 Å². The second kappa shape index (κ2) is 7.72. The molecule has 0 aliphatic rings. The molecule has 2 aromatic heterocycles. The zero-order chi connectivity index (χ0) is 18.7. The van der Waals surface area contributed by atoms with Crippen LogP contribution in [-0.4, -0.2) is 27.7 Å². The van der Waals surface area contributed by atoms with Gasteiger partial charge in [-0.25, -0.2) is 4.98 Å². The highest BCUT2D eigenvalue weighted by atomic mass is 35.5. The fourth-order valence-electron chi connectivity index (χ4n) is 2.70. The lowest BCUT2D eigenvalue weighted by molar-refractivity contribution is -0.123. The van der Waals surface area contributed by atoms with Gasteiger partial charge in [0.05, 0.1) is 18.4 Å². The molecule has 3 rings (SSSR count). The molecule has 8 heteroatoms. The molecule has 0 fully saturated rings. The van der Waals surface area contributed by atoms with Gasteiger partial charge in [0.1, 0.15) is 6.04 Å². The Labute approximate surface area is 156 Å². The van der Waals surface area contributed by atoms with Crippen molar-refractivity contribution in [1.82, 2.24) is 25.4 Å². The molecule has 0 aliphatic carbocycles. The van der Waals surface area contributed by atoms with Gasteiger partial charge in [-0.1, -0.05) is 11.6 Å². The minimum Gasteiger partial charge on any atom is -0.438 e. The Bertz CT molecular complexity index is 901. The Morgan fingerprint density at radius 1 is 1.35 bits per heavy atom. The van der Waals surface area contributed by atoms with Crippen LogP contribution in [0.1, 0.15) is 23.2 Å². The standard InChI is InChI=1S/C18H20ClN5O2/c1-11-17(12-4-6-14(19)7-5-12)26-15(23-11)9-21-18(25)16(20-2)13-8-22-24(3)10-13/h4-8,10,16,20H,9H2,1-3H3,(H,21,25). The van der Waals surface area contributed by atoms with Crippen molar-refractivity contribution in [2.24, 2.45) is 7.05 Å². The Morgan fingerprint density at radius 2 is 2.08 bits per heavy atom. The number of oxazole rings is 1. The van der Waals surface area contributed by atoms with Gasteiger partial charge >= 0.3 is 0 Å². The van der Waals surface area contributed by atoms with E-state index in [4.69, 9.17) is 16.0 Å². The molecule has 26 heavy (non-hydrogen) atoms. The summed E-state index contributed by atoms with van der Waals surface area (Å²) >= 11 is 5.92. The molecule has 0 bridgehead atoms. The number of nitrogens with one attached hydrogen (secondary N) is 2. The van der Waals surface area contributed by atoms with E-state index in [1.54, 1.807) is 36.3 Å². The maximum Gasteiger partial charge on any atom is 0.242 e. The van der Waals surface area contributed by atoms with Crippen LogP contribution in [0.4, 0.5) is 0 Å². The largest absolute Gasteiger partial charge is 0.438 e. The fourth-order valence-corrected chi connectivity index (χ4v) is 2.83. The molecule has 1 amide bonds. The monoisotopic (exact) mass is 373 g/mol. The molecule has 7 nitrogen and oxygen atoms in total. The maximum atomic E-state index is 12.5. The summed E-state index contributed by atoms with van der Waals surface area (Å²) in [4.78, 5) is 16.9. The molecule has 0 saturated carbocycles. The molecule has 1 aromatic carbocycles. The highest BCUT2D eigenvalue weighted by Crippen LogP contribution is 2.25. The van der Waals surface area contributed by atoms with Gasteiger partial charge in [-0.3, -0.25) is 9.48 Å². The highest BCUT2D eigenvalue weighted by molar-refractivity contribution is 6.30. The van der Waals surface area contributed by atoms with Crippen LogP contribution in [0.15, 0.2) is 41.1 Å². The molecule has 2 heterocycles. The Hall–Kier alpha value is -2.64. The summed E-state index contributed by atoms with van der Waals surface area (Å²) in [6.07, 6.45) is 3.46. The van der Waals surface area contributed by atoms with Crippen molar-refractivity contribution < 1.29 is 9.21 Å². The molecular weight excluding hydrogens is 354 g/mol. The van der Waals surface area contributed by atoms with Crippen LogP contribution in [0, 0.1) is 6.92 Å². The summed E-state index contributed by atoms with van der Waals surface area (Å²) in [5, 5.41) is 10.6. The van der Waals surface area contributed by atoms with E-state index in [1.807, 2.05) is 26.1 Å². The average molecular weight is 374 g/mol. The van der Waals surface area contributed by atoms with Crippen molar-refractivity contribution in [2.45, 2.75) is 19.5 Å². The van der Waals surface area contributed by atoms with E-state index >= 15 is 0 Å². The number of aromatic nitrogens is 3. The lowest BCUT2D eigenvalue weighted by Crippen LogP contribution is -2.35. The van der Waals surface area contributed by atoms with E-state index in [9.17, 15) is 4.79 Å². The number of nitrogens with zero attached hydrogens (tertiary/aromatic N) is 3. The molecule has 1 unspecified atom stereocenters. The van der Waals surface area contributed by atoms with Crippen LogP contribution in [-0.2, 0) is 18.4 Å². The molecule has 1 atom stereocenters. The lowest BCUT2D eigenvalue weighted by Gasteiger charge is -2.13. The number of likely N-dealkylation sites (N-methyl/N-ethyl adjacent to an activating group) is 1. The molecule has 0 saturated heterocycles. The number of amides is 1. The normalized spacial score (nSPS) is 12.2. The second-order valence-corrected chi connectivity index (χ2v) is 6.35. The van der Waals surface area contributed by atoms with Gasteiger partial charge in [0.2, 0.25) is 11.8 Å². The van der Waals surface area contributed by atoms with Gasteiger partial charge in [0.25, 0.3) is 0 Å². The van der Waals surface area contributed by atoms with Crippen LogP contribution >= 0.6 is 11.6 Å². The predicted octanol–water partition coefficient (Wildman–Crippen LogP) is 2.61. The molecule has 0 aliphatic heterocycles. The van der Waals surface area contributed by atoms with E-state index in [0.29, 0.717) is 16.7 Å². The third-order valence-corrected chi connectivity index (χ3v) is 4.22. The molecule has 136 valence electrons. The number of rotatable bonds is 6. The number of hydrogen-bond donors (Lipinski definition) is 2. The number of halogens is 1. The zero-order valence-corrected chi connectivity index (χ0v) is 15.5. The number of hydrogen-bond acceptors (Lipinski definition) is 5. The lowest BCUT2D eigenvalue weighted by atomic mass is 10.1. The van der Waals surface area contributed by atoms with Crippen molar-refractivity contribution in [2.75, 3.05) is 7.05 Å². The van der Waals surface area contributed by atoms with Gasteiger partial charge in [0, 0.05) is 29.4 Å². The minimum absolute atomic E-state index is 0.176. The maximum absolute atomic E-state index is 12.5. The summed E-state index contributed by atoms with van der Waals surface area (Å²) in [6.45, 7) is 2.07. The first-order chi connectivity index (χ1) is 12.5.